The van der Waals surface area contributed by atoms with Gasteiger partial charge in [0.1, 0.15) is 17.7 Å². The van der Waals surface area contributed by atoms with Crippen molar-refractivity contribution >= 4 is 17.8 Å². The molecule has 0 aliphatic carbocycles. The molecule has 0 bridgehead atoms. The molecule has 33 heavy (non-hydrogen) atoms. The molecule has 1 aromatic carbocycles. The second kappa shape index (κ2) is 10.3. The van der Waals surface area contributed by atoms with Gasteiger partial charge < -0.3 is 4.90 Å². The number of nitriles is 1. The second-order valence-corrected chi connectivity index (χ2v) is 9.96. The van der Waals surface area contributed by atoms with Crippen LogP contribution in [-0.4, -0.2) is 59.4 Å². The number of halogens is 3. The highest BCUT2D eigenvalue weighted by Crippen LogP contribution is 2.31. The molecule has 0 N–H and O–H groups in total. The lowest BCUT2D eigenvalue weighted by molar-refractivity contribution is -0.0221. The van der Waals surface area contributed by atoms with E-state index in [-0.39, 0.29) is 18.4 Å². The van der Waals surface area contributed by atoms with Crippen LogP contribution in [0.15, 0.2) is 41.4 Å². The predicted octanol–water partition coefficient (Wildman–Crippen LogP) is 4.93. The summed E-state index contributed by atoms with van der Waals surface area (Å²) in [6, 6.07) is 11.0. The van der Waals surface area contributed by atoms with Crippen LogP contribution in [0.1, 0.15) is 36.8 Å². The highest BCUT2D eigenvalue weighted by molar-refractivity contribution is 7.97. The van der Waals surface area contributed by atoms with E-state index >= 15 is 0 Å². The summed E-state index contributed by atoms with van der Waals surface area (Å²) in [4.78, 5) is 9.72. The third kappa shape index (κ3) is 6.19. The van der Waals surface area contributed by atoms with Gasteiger partial charge in [-0.05, 0) is 61.7 Å². The Labute approximate surface area is 197 Å². The molecule has 5 nitrogen and oxygen atoms in total. The smallest absolute Gasteiger partial charge is 0.251 e. The van der Waals surface area contributed by atoms with Gasteiger partial charge in [0.2, 0.25) is 0 Å². The van der Waals surface area contributed by atoms with E-state index in [0.29, 0.717) is 25.7 Å². The molecule has 2 aliphatic heterocycles. The first-order chi connectivity index (χ1) is 15.8. The Kier molecular flexibility index (Phi) is 7.47. The number of rotatable bonds is 6. The zero-order valence-corrected chi connectivity index (χ0v) is 19.5. The van der Waals surface area contributed by atoms with Crippen LogP contribution >= 0.6 is 11.9 Å². The minimum atomic E-state index is -2.55. The maximum atomic E-state index is 13.9. The third-order valence-corrected chi connectivity index (χ3v) is 7.48. The molecular formula is C24H28F3N5S. The van der Waals surface area contributed by atoms with Gasteiger partial charge in [0.15, 0.2) is 0 Å². The van der Waals surface area contributed by atoms with Crippen LogP contribution in [0.25, 0.3) is 0 Å². The average molecular weight is 476 g/mol. The van der Waals surface area contributed by atoms with E-state index in [2.05, 4.69) is 21.2 Å². The van der Waals surface area contributed by atoms with Crippen molar-refractivity contribution in [2.75, 3.05) is 38.1 Å². The number of pyridine rings is 1. The van der Waals surface area contributed by atoms with Crippen molar-refractivity contribution in [3.8, 4) is 6.07 Å². The number of nitrogens with zero attached hydrogens (tertiary/aromatic N) is 5. The molecule has 2 saturated heterocycles. The highest BCUT2D eigenvalue weighted by atomic mass is 32.2. The average Bonchev–Trinajstić information content (AvgIpc) is 2.80. The Balaban J connectivity index is 1.24. The summed E-state index contributed by atoms with van der Waals surface area (Å²) in [5.74, 6) is -2.26. The molecule has 0 atom stereocenters. The first kappa shape index (κ1) is 23.9. The van der Waals surface area contributed by atoms with Crippen molar-refractivity contribution in [3.63, 3.8) is 0 Å². The zero-order valence-electron chi connectivity index (χ0n) is 18.7. The predicted molar refractivity (Wildman–Crippen MR) is 124 cm³/mol. The molecule has 3 heterocycles. The molecule has 2 aromatic rings. The molecule has 0 spiro atoms. The summed E-state index contributed by atoms with van der Waals surface area (Å²) in [5, 5.41) is 8.88. The zero-order chi connectivity index (χ0) is 23.4. The Morgan fingerprint density at radius 3 is 2.48 bits per heavy atom. The molecule has 0 amide bonds. The van der Waals surface area contributed by atoms with Crippen molar-refractivity contribution in [2.45, 2.75) is 49.1 Å². The number of piperidine rings is 2. The first-order valence-corrected chi connectivity index (χ1v) is 12.0. The molecule has 4 rings (SSSR count). The standard InChI is InChI=1S/C24H28F3N5S/c1-30(17-18-2-3-19(15-28)22(25)14-18)20-6-10-32(11-7-20)33-21-4-5-23(29-16-21)31-12-8-24(26,27)9-13-31/h2-5,14,16,20H,6-13,17H2,1H3. The van der Waals surface area contributed by atoms with Crippen LogP contribution < -0.4 is 4.90 Å². The number of hydrogen-bond donors (Lipinski definition) is 0. The van der Waals surface area contributed by atoms with Crippen LogP contribution in [0.4, 0.5) is 19.0 Å². The molecule has 0 unspecified atom stereocenters. The SMILES string of the molecule is CN(Cc1ccc(C#N)c(F)c1)C1CCN(Sc2ccc(N3CCC(F)(F)CC3)nc2)CC1. The van der Waals surface area contributed by atoms with E-state index < -0.39 is 11.7 Å². The fraction of sp³-hybridized carbons (Fsp3) is 0.500. The van der Waals surface area contributed by atoms with Gasteiger partial charge in [0.25, 0.3) is 5.92 Å². The fourth-order valence-corrected chi connectivity index (χ4v) is 5.28. The number of anilines is 1. The molecule has 2 fully saturated rings. The fourth-order valence-electron chi connectivity index (χ4n) is 4.36. The lowest BCUT2D eigenvalue weighted by atomic mass is 10.0. The van der Waals surface area contributed by atoms with Gasteiger partial charge in [0, 0.05) is 62.7 Å². The van der Waals surface area contributed by atoms with Crippen LogP contribution in [-0.2, 0) is 6.54 Å². The number of hydrogen-bond acceptors (Lipinski definition) is 6. The van der Waals surface area contributed by atoms with E-state index in [0.717, 1.165) is 42.2 Å². The third-order valence-electron chi connectivity index (χ3n) is 6.41. The van der Waals surface area contributed by atoms with Crippen molar-refractivity contribution in [2.24, 2.45) is 0 Å². The van der Waals surface area contributed by atoms with E-state index in [1.165, 1.54) is 12.1 Å². The van der Waals surface area contributed by atoms with Crippen molar-refractivity contribution in [1.82, 2.24) is 14.2 Å². The maximum Gasteiger partial charge on any atom is 0.251 e. The molecule has 0 radical (unpaired) electrons. The van der Waals surface area contributed by atoms with Crippen molar-refractivity contribution in [3.05, 3.63) is 53.5 Å². The lowest BCUT2D eigenvalue weighted by Crippen LogP contribution is -2.40. The monoisotopic (exact) mass is 475 g/mol. The summed E-state index contributed by atoms with van der Waals surface area (Å²) in [7, 11) is 2.06. The molecule has 2 aliphatic rings. The van der Waals surface area contributed by atoms with Crippen LogP contribution in [0.5, 0.6) is 0 Å². The summed E-state index contributed by atoms with van der Waals surface area (Å²) in [6.45, 7) is 3.19. The minimum Gasteiger partial charge on any atom is -0.356 e. The summed E-state index contributed by atoms with van der Waals surface area (Å²) < 4.78 is 42.9. The minimum absolute atomic E-state index is 0.0757. The Bertz CT molecular complexity index is 977. The Morgan fingerprint density at radius 2 is 1.88 bits per heavy atom. The summed E-state index contributed by atoms with van der Waals surface area (Å²) in [6.07, 6.45) is 3.61. The largest absolute Gasteiger partial charge is 0.356 e. The van der Waals surface area contributed by atoms with Gasteiger partial charge >= 0.3 is 0 Å². The summed E-state index contributed by atoms with van der Waals surface area (Å²) >= 11 is 1.68. The number of aromatic nitrogens is 1. The van der Waals surface area contributed by atoms with Gasteiger partial charge in [-0.1, -0.05) is 6.07 Å². The van der Waals surface area contributed by atoms with E-state index in [4.69, 9.17) is 5.26 Å². The van der Waals surface area contributed by atoms with E-state index in [9.17, 15) is 13.2 Å². The summed E-state index contributed by atoms with van der Waals surface area (Å²) in [5.41, 5.74) is 0.945. The van der Waals surface area contributed by atoms with Gasteiger partial charge in [-0.15, -0.1) is 0 Å². The normalized spacial score (nSPS) is 19.6. The number of benzene rings is 1. The van der Waals surface area contributed by atoms with Crippen molar-refractivity contribution in [1.29, 1.82) is 5.26 Å². The Hall–Kier alpha value is -2.28. The van der Waals surface area contributed by atoms with Gasteiger partial charge in [0.05, 0.1) is 5.56 Å². The molecule has 9 heteroatoms. The topological polar surface area (TPSA) is 46.4 Å². The van der Waals surface area contributed by atoms with Crippen LogP contribution in [0.3, 0.4) is 0 Å². The maximum absolute atomic E-state index is 13.9. The highest BCUT2D eigenvalue weighted by Gasteiger charge is 2.34. The van der Waals surface area contributed by atoms with Gasteiger partial charge in [-0.25, -0.2) is 22.5 Å². The van der Waals surface area contributed by atoms with Crippen LogP contribution in [0, 0.1) is 17.1 Å². The molecule has 1 aromatic heterocycles. The first-order valence-electron chi connectivity index (χ1n) is 11.2. The quantitative estimate of drug-likeness (QED) is 0.552. The Morgan fingerprint density at radius 1 is 1.15 bits per heavy atom. The van der Waals surface area contributed by atoms with Gasteiger partial charge in [-0.3, -0.25) is 4.90 Å². The molecule has 176 valence electrons. The van der Waals surface area contributed by atoms with Gasteiger partial charge in [-0.2, -0.15) is 5.26 Å². The van der Waals surface area contributed by atoms with Crippen LogP contribution in [0.2, 0.25) is 0 Å². The van der Waals surface area contributed by atoms with Crippen molar-refractivity contribution < 1.29 is 13.2 Å². The molecular weight excluding hydrogens is 447 g/mol. The lowest BCUT2D eigenvalue weighted by Gasteiger charge is -2.36. The second-order valence-electron chi connectivity index (χ2n) is 8.79. The number of alkyl halides is 2. The van der Waals surface area contributed by atoms with E-state index in [1.54, 1.807) is 11.9 Å². The van der Waals surface area contributed by atoms with E-state index in [1.807, 2.05) is 35.4 Å². The molecule has 0 saturated carbocycles.